The third kappa shape index (κ3) is 3.10. The van der Waals surface area contributed by atoms with E-state index < -0.39 is 0 Å². The van der Waals surface area contributed by atoms with Gasteiger partial charge in [-0.3, -0.25) is 5.10 Å². The van der Waals surface area contributed by atoms with Crippen molar-refractivity contribution in [1.29, 1.82) is 0 Å². The predicted octanol–water partition coefficient (Wildman–Crippen LogP) is 3.22. The molecule has 2 N–H and O–H groups in total. The molecule has 2 aromatic rings. The lowest BCUT2D eigenvalue weighted by molar-refractivity contribution is 0.149. The van der Waals surface area contributed by atoms with Gasteiger partial charge in [0.2, 0.25) is 0 Å². The van der Waals surface area contributed by atoms with Gasteiger partial charge in [-0.25, -0.2) is 4.79 Å². The third-order valence-electron chi connectivity index (χ3n) is 4.04. The Bertz CT molecular complexity index is 593. The minimum atomic E-state index is 0.0138. The average Bonchev–Trinajstić information content (AvgIpc) is 3.16. The molecule has 3 heterocycles. The maximum absolute atomic E-state index is 12.5. The van der Waals surface area contributed by atoms with Crippen LogP contribution in [-0.4, -0.2) is 27.7 Å². The molecule has 1 fully saturated rings. The average molecular weight is 304 g/mol. The summed E-state index contributed by atoms with van der Waals surface area (Å²) in [5.74, 6) is 0. The van der Waals surface area contributed by atoms with E-state index in [1.54, 1.807) is 17.5 Å². The van der Waals surface area contributed by atoms with Crippen molar-refractivity contribution in [1.82, 2.24) is 20.4 Å². The van der Waals surface area contributed by atoms with Crippen LogP contribution in [0.15, 0.2) is 23.0 Å². The van der Waals surface area contributed by atoms with Gasteiger partial charge in [0.1, 0.15) is 0 Å². The van der Waals surface area contributed by atoms with Crippen molar-refractivity contribution >= 4 is 17.4 Å². The van der Waals surface area contributed by atoms with E-state index in [1.165, 1.54) is 11.1 Å². The quantitative estimate of drug-likeness (QED) is 0.914. The number of piperidine rings is 1. The Morgan fingerprint density at radius 2 is 2.43 bits per heavy atom. The van der Waals surface area contributed by atoms with Gasteiger partial charge < -0.3 is 10.2 Å². The van der Waals surface area contributed by atoms with Crippen molar-refractivity contribution in [2.75, 3.05) is 6.54 Å². The number of aromatic nitrogens is 2. The van der Waals surface area contributed by atoms with E-state index in [4.69, 9.17) is 0 Å². The van der Waals surface area contributed by atoms with Gasteiger partial charge in [-0.1, -0.05) is 0 Å². The molecule has 2 amide bonds. The lowest BCUT2D eigenvalue weighted by Crippen LogP contribution is -2.44. The smallest absolute Gasteiger partial charge is 0.318 e. The topological polar surface area (TPSA) is 61.0 Å². The highest BCUT2D eigenvalue weighted by molar-refractivity contribution is 7.08. The molecule has 3 rings (SSSR count). The van der Waals surface area contributed by atoms with Crippen LogP contribution in [0.25, 0.3) is 0 Å². The van der Waals surface area contributed by atoms with Crippen LogP contribution in [0.1, 0.15) is 42.1 Å². The minimum Gasteiger partial charge on any atom is -0.334 e. The number of urea groups is 1. The van der Waals surface area contributed by atoms with Gasteiger partial charge in [-0.15, -0.1) is 0 Å². The number of nitrogens with one attached hydrogen (secondary N) is 2. The Kier molecular flexibility index (Phi) is 4.24. The molecule has 2 aromatic heterocycles. The van der Waals surface area contributed by atoms with Crippen molar-refractivity contribution in [2.45, 2.75) is 38.8 Å². The zero-order valence-electron chi connectivity index (χ0n) is 12.1. The molecule has 5 nitrogen and oxygen atoms in total. The Morgan fingerprint density at radius 1 is 1.52 bits per heavy atom. The maximum Gasteiger partial charge on any atom is 0.318 e. The number of hydrogen-bond acceptors (Lipinski definition) is 3. The van der Waals surface area contributed by atoms with Crippen LogP contribution in [0.4, 0.5) is 4.79 Å². The SMILES string of the molecule is Cc1cscc1CNC(=O)N1CCCCC1c1ccn[nH]1. The first kappa shape index (κ1) is 14.1. The van der Waals surface area contributed by atoms with Gasteiger partial charge in [0.15, 0.2) is 0 Å². The fourth-order valence-electron chi connectivity index (χ4n) is 2.79. The Morgan fingerprint density at radius 3 is 3.14 bits per heavy atom. The second kappa shape index (κ2) is 6.30. The first-order valence-corrected chi connectivity index (χ1v) is 8.25. The van der Waals surface area contributed by atoms with Gasteiger partial charge in [0.05, 0.1) is 11.7 Å². The summed E-state index contributed by atoms with van der Waals surface area (Å²) in [6.45, 7) is 3.48. The number of hydrogen-bond donors (Lipinski definition) is 2. The highest BCUT2D eigenvalue weighted by Crippen LogP contribution is 2.29. The van der Waals surface area contributed by atoms with Crippen molar-refractivity contribution in [2.24, 2.45) is 0 Å². The molecule has 1 aliphatic rings. The molecule has 112 valence electrons. The van der Waals surface area contributed by atoms with Crippen LogP contribution < -0.4 is 5.32 Å². The number of aromatic amines is 1. The highest BCUT2D eigenvalue weighted by atomic mass is 32.1. The van der Waals surface area contributed by atoms with E-state index in [1.807, 2.05) is 11.0 Å². The summed E-state index contributed by atoms with van der Waals surface area (Å²) in [6, 6.07) is 2.09. The van der Waals surface area contributed by atoms with E-state index in [2.05, 4.69) is 33.2 Å². The largest absolute Gasteiger partial charge is 0.334 e. The van der Waals surface area contributed by atoms with E-state index >= 15 is 0 Å². The summed E-state index contributed by atoms with van der Waals surface area (Å²) < 4.78 is 0. The summed E-state index contributed by atoms with van der Waals surface area (Å²) in [5.41, 5.74) is 3.46. The molecule has 1 aliphatic heterocycles. The molecule has 1 atom stereocenters. The third-order valence-corrected chi connectivity index (χ3v) is 4.95. The summed E-state index contributed by atoms with van der Waals surface area (Å²) >= 11 is 1.67. The number of carbonyl (C=O) groups is 1. The van der Waals surface area contributed by atoms with E-state index in [0.29, 0.717) is 6.54 Å². The van der Waals surface area contributed by atoms with E-state index in [0.717, 1.165) is 31.5 Å². The molecule has 6 heteroatoms. The van der Waals surface area contributed by atoms with Gasteiger partial charge in [0, 0.05) is 19.3 Å². The van der Waals surface area contributed by atoms with Crippen LogP contribution in [0.2, 0.25) is 0 Å². The summed E-state index contributed by atoms with van der Waals surface area (Å²) in [4.78, 5) is 14.4. The second-order valence-electron chi connectivity index (χ2n) is 5.46. The van der Waals surface area contributed by atoms with E-state index in [9.17, 15) is 4.79 Å². The van der Waals surface area contributed by atoms with Crippen LogP contribution in [0.5, 0.6) is 0 Å². The lowest BCUT2D eigenvalue weighted by atomic mass is 10.00. The second-order valence-corrected chi connectivity index (χ2v) is 6.20. The number of thiophene rings is 1. The number of nitrogens with zero attached hydrogens (tertiary/aromatic N) is 2. The molecular weight excluding hydrogens is 284 g/mol. The fraction of sp³-hybridized carbons (Fsp3) is 0.467. The monoisotopic (exact) mass is 304 g/mol. The van der Waals surface area contributed by atoms with Crippen molar-refractivity contribution in [3.8, 4) is 0 Å². The zero-order chi connectivity index (χ0) is 14.7. The molecule has 0 aliphatic carbocycles. The Balaban J connectivity index is 1.65. The lowest BCUT2D eigenvalue weighted by Gasteiger charge is -2.35. The van der Waals surface area contributed by atoms with Crippen molar-refractivity contribution < 1.29 is 4.79 Å². The molecule has 21 heavy (non-hydrogen) atoms. The van der Waals surface area contributed by atoms with Crippen LogP contribution in [0.3, 0.4) is 0 Å². The number of likely N-dealkylation sites (tertiary alicyclic amines) is 1. The zero-order valence-corrected chi connectivity index (χ0v) is 12.9. The molecule has 1 unspecified atom stereocenters. The number of carbonyl (C=O) groups excluding carboxylic acids is 1. The van der Waals surface area contributed by atoms with Gasteiger partial charge >= 0.3 is 6.03 Å². The Labute approximate surface area is 128 Å². The fourth-order valence-corrected chi connectivity index (χ4v) is 3.65. The predicted molar refractivity (Wildman–Crippen MR) is 83.2 cm³/mol. The highest BCUT2D eigenvalue weighted by Gasteiger charge is 2.28. The van der Waals surface area contributed by atoms with Crippen molar-refractivity contribution in [3.05, 3.63) is 39.8 Å². The molecule has 0 spiro atoms. The van der Waals surface area contributed by atoms with Crippen LogP contribution in [0, 0.1) is 6.92 Å². The summed E-state index contributed by atoms with van der Waals surface area (Å²) in [6.07, 6.45) is 4.95. The summed E-state index contributed by atoms with van der Waals surface area (Å²) in [5, 5.41) is 14.3. The van der Waals surface area contributed by atoms with Crippen LogP contribution in [-0.2, 0) is 6.54 Å². The first-order valence-electron chi connectivity index (χ1n) is 7.31. The molecule has 1 saturated heterocycles. The number of H-pyrrole nitrogens is 1. The van der Waals surface area contributed by atoms with Gasteiger partial charge in [0.25, 0.3) is 0 Å². The van der Waals surface area contributed by atoms with E-state index in [-0.39, 0.29) is 12.1 Å². The normalized spacial score (nSPS) is 18.7. The number of rotatable bonds is 3. The Hall–Kier alpha value is -1.82. The van der Waals surface area contributed by atoms with Crippen molar-refractivity contribution in [3.63, 3.8) is 0 Å². The summed E-state index contributed by atoms with van der Waals surface area (Å²) in [7, 11) is 0. The van der Waals surface area contributed by atoms with Gasteiger partial charge in [-0.2, -0.15) is 16.4 Å². The number of aryl methyl sites for hydroxylation is 1. The number of amides is 2. The molecule has 0 aromatic carbocycles. The molecule has 0 saturated carbocycles. The molecule has 0 radical (unpaired) electrons. The molecular formula is C15H20N4OS. The standard InChI is InChI=1S/C15H20N4OS/c1-11-9-21-10-12(11)8-16-15(20)19-7-3-2-4-14(19)13-5-6-17-18-13/h5-6,9-10,14H,2-4,7-8H2,1H3,(H,16,20)(H,17,18). The first-order chi connectivity index (χ1) is 10.3. The minimum absolute atomic E-state index is 0.0138. The van der Waals surface area contributed by atoms with Gasteiger partial charge in [-0.05, 0) is 54.1 Å². The maximum atomic E-state index is 12.5. The molecule has 0 bridgehead atoms. The van der Waals surface area contributed by atoms with Crippen LogP contribution >= 0.6 is 11.3 Å².